The predicted octanol–water partition coefficient (Wildman–Crippen LogP) is 3.33. The highest BCUT2D eigenvalue weighted by Crippen LogP contribution is 2.24. The monoisotopic (exact) mass is 314 g/mol. The molecule has 124 valence electrons. The minimum absolute atomic E-state index is 0.0685. The van der Waals surface area contributed by atoms with Crippen LogP contribution in [0.1, 0.15) is 54.0 Å². The molecular formula is C19H26N2O2. The molecule has 0 saturated carbocycles. The molecule has 0 radical (unpaired) electrons. The van der Waals surface area contributed by atoms with E-state index >= 15 is 0 Å². The summed E-state index contributed by atoms with van der Waals surface area (Å²) in [4.78, 5) is 12.4. The van der Waals surface area contributed by atoms with Crippen LogP contribution in [0.25, 0.3) is 5.69 Å². The average molecular weight is 314 g/mol. The SMILES string of the molecule is Cc1cc(C(=O)NC(C)CO)c(C)n1-c1cccc(C(C)C)c1. The molecule has 4 nitrogen and oxygen atoms in total. The molecule has 0 aliphatic rings. The first-order valence-electron chi connectivity index (χ1n) is 8.06. The number of amides is 1. The minimum Gasteiger partial charge on any atom is -0.394 e. The molecule has 1 amide bonds. The van der Waals surface area contributed by atoms with Gasteiger partial charge in [-0.1, -0.05) is 26.0 Å². The Labute approximate surface area is 138 Å². The first-order valence-corrected chi connectivity index (χ1v) is 8.06. The van der Waals surface area contributed by atoms with Gasteiger partial charge in [0.2, 0.25) is 0 Å². The van der Waals surface area contributed by atoms with Crippen molar-refractivity contribution >= 4 is 5.91 Å². The van der Waals surface area contributed by atoms with E-state index in [-0.39, 0.29) is 18.6 Å². The maximum absolute atomic E-state index is 12.4. The number of hydrogen-bond acceptors (Lipinski definition) is 2. The van der Waals surface area contributed by atoms with Gasteiger partial charge in [0.15, 0.2) is 0 Å². The fraction of sp³-hybridized carbons (Fsp3) is 0.421. The third kappa shape index (κ3) is 3.64. The number of nitrogens with zero attached hydrogens (tertiary/aromatic N) is 1. The van der Waals surface area contributed by atoms with E-state index in [9.17, 15) is 4.79 Å². The molecule has 1 aromatic carbocycles. The number of aromatic nitrogens is 1. The third-order valence-corrected chi connectivity index (χ3v) is 4.12. The van der Waals surface area contributed by atoms with Crippen LogP contribution in [0.5, 0.6) is 0 Å². The molecule has 0 fully saturated rings. The van der Waals surface area contributed by atoms with Gasteiger partial charge in [0.05, 0.1) is 12.2 Å². The zero-order valence-electron chi connectivity index (χ0n) is 14.6. The Morgan fingerprint density at radius 3 is 2.52 bits per heavy atom. The van der Waals surface area contributed by atoms with Crippen LogP contribution in [0.2, 0.25) is 0 Å². The van der Waals surface area contributed by atoms with Gasteiger partial charge in [0.25, 0.3) is 5.91 Å². The van der Waals surface area contributed by atoms with E-state index < -0.39 is 0 Å². The first kappa shape index (κ1) is 17.3. The number of benzene rings is 1. The van der Waals surface area contributed by atoms with Crippen molar-refractivity contribution < 1.29 is 9.90 Å². The number of nitrogens with one attached hydrogen (secondary N) is 1. The second-order valence-corrected chi connectivity index (χ2v) is 6.43. The number of hydrogen-bond donors (Lipinski definition) is 2. The van der Waals surface area contributed by atoms with Gasteiger partial charge in [-0.05, 0) is 50.5 Å². The summed E-state index contributed by atoms with van der Waals surface area (Å²) in [7, 11) is 0. The number of aryl methyl sites for hydroxylation is 1. The lowest BCUT2D eigenvalue weighted by molar-refractivity contribution is 0.0921. The summed E-state index contributed by atoms with van der Waals surface area (Å²) in [5.74, 6) is 0.310. The topological polar surface area (TPSA) is 54.3 Å². The lowest BCUT2D eigenvalue weighted by Crippen LogP contribution is -2.35. The molecule has 0 saturated heterocycles. The largest absolute Gasteiger partial charge is 0.394 e. The van der Waals surface area contributed by atoms with Gasteiger partial charge in [0, 0.05) is 23.1 Å². The van der Waals surface area contributed by atoms with Crippen LogP contribution in [0.3, 0.4) is 0 Å². The normalized spacial score (nSPS) is 12.5. The Balaban J connectivity index is 2.42. The number of aliphatic hydroxyl groups is 1. The lowest BCUT2D eigenvalue weighted by atomic mass is 10.0. The molecule has 23 heavy (non-hydrogen) atoms. The molecule has 1 heterocycles. The average Bonchev–Trinajstić information content (AvgIpc) is 2.82. The number of rotatable bonds is 5. The molecule has 2 aromatic rings. The summed E-state index contributed by atoms with van der Waals surface area (Å²) in [5.41, 5.74) is 4.92. The summed E-state index contributed by atoms with van der Waals surface area (Å²) in [6.07, 6.45) is 0. The standard InChI is InChI=1S/C19H26N2O2/c1-12(2)16-7-6-8-17(10-16)21-14(4)9-18(15(21)5)19(23)20-13(3)11-22/h6-10,12-13,22H,11H2,1-5H3,(H,20,23). The predicted molar refractivity (Wildman–Crippen MR) is 93.3 cm³/mol. The van der Waals surface area contributed by atoms with Gasteiger partial charge in [-0.2, -0.15) is 0 Å². The van der Waals surface area contributed by atoms with E-state index in [0.29, 0.717) is 11.5 Å². The highest BCUT2D eigenvalue weighted by molar-refractivity contribution is 5.96. The van der Waals surface area contributed by atoms with Crippen molar-refractivity contribution in [1.82, 2.24) is 9.88 Å². The fourth-order valence-electron chi connectivity index (χ4n) is 2.76. The summed E-state index contributed by atoms with van der Waals surface area (Å²) in [5, 5.41) is 11.9. The zero-order valence-corrected chi connectivity index (χ0v) is 14.6. The van der Waals surface area contributed by atoms with Crippen molar-refractivity contribution in [2.45, 2.75) is 46.6 Å². The van der Waals surface area contributed by atoms with Crippen LogP contribution in [-0.4, -0.2) is 28.2 Å². The van der Waals surface area contributed by atoms with Crippen molar-refractivity contribution in [2.24, 2.45) is 0 Å². The van der Waals surface area contributed by atoms with Crippen LogP contribution in [-0.2, 0) is 0 Å². The van der Waals surface area contributed by atoms with Crippen molar-refractivity contribution in [1.29, 1.82) is 0 Å². The number of carbonyl (C=O) groups is 1. The van der Waals surface area contributed by atoms with Crippen molar-refractivity contribution in [3.8, 4) is 5.69 Å². The van der Waals surface area contributed by atoms with Gasteiger partial charge in [-0.25, -0.2) is 0 Å². The highest BCUT2D eigenvalue weighted by atomic mass is 16.3. The van der Waals surface area contributed by atoms with E-state index in [1.54, 1.807) is 6.92 Å². The Morgan fingerprint density at radius 2 is 1.91 bits per heavy atom. The smallest absolute Gasteiger partial charge is 0.253 e. The van der Waals surface area contributed by atoms with Crippen LogP contribution >= 0.6 is 0 Å². The van der Waals surface area contributed by atoms with Crippen molar-refractivity contribution in [3.05, 3.63) is 52.8 Å². The molecule has 2 rings (SSSR count). The van der Waals surface area contributed by atoms with Crippen LogP contribution in [0.15, 0.2) is 30.3 Å². The Bertz CT molecular complexity index is 701. The molecule has 0 aliphatic heterocycles. The van der Waals surface area contributed by atoms with Crippen LogP contribution in [0, 0.1) is 13.8 Å². The third-order valence-electron chi connectivity index (χ3n) is 4.12. The lowest BCUT2D eigenvalue weighted by Gasteiger charge is -2.14. The molecule has 1 unspecified atom stereocenters. The highest BCUT2D eigenvalue weighted by Gasteiger charge is 2.18. The fourth-order valence-corrected chi connectivity index (χ4v) is 2.76. The van der Waals surface area contributed by atoms with Gasteiger partial charge in [-0.15, -0.1) is 0 Å². The van der Waals surface area contributed by atoms with Gasteiger partial charge in [-0.3, -0.25) is 4.79 Å². The number of carbonyl (C=O) groups excluding carboxylic acids is 1. The maximum Gasteiger partial charge on any atom is 0.253 e. The van der Waals surface area contributed by atoms with Crippen molar-refractivity contribution in [2.75, 3.05) is 6.61 Å². The molecule has 0 spiro atoms. The molecular weight excluding hydrogens is 288 g/mol. The van der Waals surface area contributed by atoms with Crippen LogP contribution < -0.4 is 5.32 Å². The summed E-state index contributed by atoms with van der Waals surface area (Å²) < 4.78 is 2.10. The van der Waals surface area contributed by atoms with E-state index in [2.05, 4.69) is 48.0 Å². The molecule has 4 heteroatoms. The molecule has 0 bridgehead atoms. The summed E-state index contributed by atoms with van der Waals surface area (Å²) in [6.45, 7) is 10.0. The quantitative estimate of drug-likeness (QED) is 0.889. The maximum atomic E-state index is 12.4. The minimum atomic E-state index is -0.255. The van der Waals surface area contributed by atoms with Gasteiger partial charge < -0.3 is 15.0 Å². The Morgan fingerprint density at radius 1 is 1.22 bits per heavy atom. The Hall–Kier alpha value is -2.07. The molecule has 1 aromatic heterocycles. The molecule has 2 N–H and O–H groups in total. The second kappa shape index (κ2) is 7.01. The van der Waals surface area contributed by atoms with E-state index in [1.807, 2.05) is 19.9 Å². The van der Waals surface area contributed by atoms with Crippen molar-refractivity contribution in [3.63, 3.8) is 0 Å². The summed E-state index contributed by atoms with van der Waals surface area (Å²) >= 11 is 0. The van der Waals surface area contributed by atoms with Gasteiger partial charge >= 0.3 is 0 Å². The number of aliphatic hydroxyl groups excluding tert-OH is 1. The molecule has 0 aliphatic carbocycles. The summed E-state index contributed by atoms with van der Waals surface area (Å²) in [6, 6.07) is 10.1. The second-order valence-electron chi connectivity index (χ2n) is 6.43. The van der Waals surface area contributed by atoms with Crippen LogP contribution in [0.4, 0.5) is 0 Å². The molecule has 1 atom stereocenters. The van der Waals surface area contributed by atoms with E-state index in [4.69, 9.17) is 5.11 Å². The van der Waals surface area contributed by atoms with E-state index in [1.165, 1.54) is 5.56 Å². The van der Waals surface area contributed by atoms with E-state index in [0.717, 1.165) is 17.1 Å². The first-order chi connectivity index (χ1) is 10.8. The zero-order chi connectivity index (χ0) is 17.1. The van der Waals surface area contributed by atoms with Gasteiger partial charge in [0.1, 0.15) is 0 Å². The Kier molecular flexibility index (Phi) is 5.26.